The third kappa shape index (κ3) is 4.32. The number of pyridine rings is 1. The summed E-state index contributed by atoms with van der Waals surface area (Å²) in [4.78, 5) is 18.9. The monoisotopic (exact) mass is 418 g/mol. The van der Waals surface area contributed by atoms with E-state index < -0.39 is 0 Å². The number of amides is 1. The molecule has 162 valence electrons. The van der Waals surface area contributed by atoms with Crippen LogP contribution in [0.4, 0.5) is 11.5 Å². The molecular weight excluding hydrogens is 388 g/mol. The minimum atomic E-state index is 0.0634. The lowest BCUT2D eigenvalue weighted by Gasteiger charge is -2.39. The van der Waals surface area contributed by atoms with Crippen LogP contribution in [0.2, 0.25) is 0 Å². The van der Waals surface area contributed by atoms with Crippen molar-refractivity contribution in [2.24, 2.45) is 0 Å². The van der Waals surface area contributed by atoms with Crippen molar-refractivity contribution in [1.82, 2.24) is 20.1 Å². The van der Waals surface area contributed by atoms with Gasteiger partial charge >= 0.3 is 0 Å². The van der Waals surface area contributed by atoms with E-state index in [1.165, 1.54) is 0 Å². The van der Waals surface area contributed by atoms with E-state index in [9.17, 15) is 4.79 Å². The number of anilines is 2. The van der Waals surface area contributed by atoms with Crippen molar-refractivity contribution in [2.45, 2.75) is 45.8 Å². The summed E-state index contributed by atoms with van der Waals surface area (Å²) >= 11 is 0. The molecule has 2 aromatic heterocycles. The molecule has 31 heavy (non-hydrogen) atoms. The van der Waals surface area contributed by atoms with Crippen molar-refractivity contribution in [3.8, 4) is 11.1 Å². The highest BCUT2D eigenvalue weighted by molar-refractivity contribution is 5.94. The topological polar surface area (TPSA) is 75.1 Å². The molecule has 0 saturated heterocycles. The molecule has 2 atom stereocenters. The highest BCUT2D eigenvalue weighted by Gasteiger charge is 2.33. The van der Waals surface area contributed by atoms with Gasteiger partial charge in [0.25, 0.3) is 0 Å². The van der Waals surface area contributed by atoms with Crippen molar-refractivity contribution in [3.05, 3.63) is 60.0 Å². The second-order valence-electron chi connectivity index (χ2n) is 8.21. The fourth-order valence-corrected chi connectivity index (χ4v) is 4.32. The Morgan fingerprint density at radius 3 is 2.84 bits per heavy atom. The van der Waals surface area contributed by atoms with Crippen molar-refractivity contribution < 1.29 is 4.79 Å². The molecule has 0 bridgehead atoms. The lowest BCUT2D eigenvalue weighted by Crippen LogP contribution is -2.43. The van der Waals surface area contributed by atoms with E-state index in [2.05, 4.69) is 65.0 Å². The summed E-state index contributed by atoms with van der Waals surface area (Å²) in [6, 6.07) is 10.5. The molecule has 7 heteroatoms. The molecule has 2 N–H and O–H groups in total. The minimum absolute atomic E-state index is 0.0634. The van der Waals surface area contributed by atoms with Crippen LogP contribution < -0.4 is 15.5 Å². The van der Waals surface area contributed by atoms with E-state index in [0.717, 1.165) is 53.3 Å². The van der Waals surface area contributed by atoms with Crippen molar-refractivity contribution in [2.75, 3.05) is 23.8 Å². The third-order valence-electron chi connectivity index (χ3n) is 5.90. The number of hydrogen-bond donors (Lipinski definition) is 2. The zero-order chi connectivity index (χ0) is 22.0. The van der Waals surface area contributed by atoms with Crippen LogP contribution in [0, 0.1) is 6.92 Å². The maximum Gasteiger partial charge on any atom is 0.224 e. The van der Waals surface area contributed by atoms with Crippen LogP contribution in [0.1, 0.15) is 37.4 Å². The van der Waals surface area contributed by atoms with Gasteiger partial charge in [0.05, 0.1) is 18.8 Å². The zero-order valence-corrected chi connectivity index (χ0v) is 18.6. The molecule has 3 heterocycles. The first-order valence-corrected chi connectivity index (χ1v) is 10.8. The standard InChI is InChI=1S/C24H30N6O/c1-16-6-5-9-26-24(16)28-22-12-17(2)30(18(3)31)23-8-7-19(13-21(22)23)20-14-27-29(15-20)11-10-25-4/h5-9,13-15,17,22,25H,10-12H2,1-4H3,(H,26,28)/t17-,22+/m0/s1. The number of likely N-dealkylation sites (N-methyl/N-ethyl adjacent to an activating group) is 1. The van der Waals surface area contributed by atoms with Crippen LogP contribution >= 0.6 is 0 Å². The molecule has 4 rings (SSSR count). The molecule has 0 spiro atoms. The van der Waals surface area contributed by atoms with Gasteiger partial charge in [0, 0.05) is 43.2 Å². The molecule has 7 nitrogen and oxygen atoms in total. The minimum Gasteiger partial charge on any atom is -0.363 e. The Balaban J connectivity index is 1.72. The van der Waals surface area contributed by atoms with E-state index in [0.29, 0.717) is 0 Å². The molecule has 1 amide bonds. The van der Waals surface area contributed by atoms with Gasteiger partial charge in [-0.3, -0.25) is 9.48 Å². The van der Waals surface area contributed by atoms with E-state index >= 15 is 0 Å². The van der Waals surface area contributed by atoms with Crippen molar-refractivity contribution in [3.63, 3.8) is 0 Å². The fourth-order valence-electron chi connectivity index (χ4n) is 4.32. The molecule has 0 fully saturated rings. The number of fused-ring (bicyclic) bond motifs is 1. The Hall–Kier alpha value is -3.19. The number of aromatic nitrogens is 3. The van der Waals surface area contributed by atoms with Crippen molar-refractivity contribution >= 4 is 17.4 Å². The number of benzene rings is 1. The van der Waals surface area contributed by atoms with Gasteiger partial charge in [-0.2, -0.15) is 5.10 Å². The average molecular weight is 419 g/mol. The average Bonchev–Trinajstić information content (AvgIpc) is 3.22. The Morgan fingerprint density at radius 1 is 1.26 bits per heavy atom. The van der Waals surface area contributed by atoms with Gasteiger partial charge < -0.3 is 15.5 Å². The number of carbonyl (C=O) groups excluding carboxylic acids is 1. The van der Waals surface area contributed by atoms with Gasteiger partial charge in [-0.25, -0.2) is 4.98 Å². The first kappa shape index (κ1) is 21.1. The molecular formula is C24H30N6O. The molecule has 1 aliphatic heterocycles. The predicted molar refractivity (Wildman–Crippen MR) is 124 cm³/mol. The molecule has 3 aromatic rings. The normalized spacial score (nSPS) is 18.0. The zero-order valence-electron chi connectivity index (χ0n) is 18.6. The maximum atomic E-state index is 12.4. The van der Waals surface area contributed by atoms with Crippen LogP contribution in [0.15, 0.2) is 48.9 Å². The maximum absolute atomic E-state index is 12.4. The summed E-state index contributed by atoms with van der Waals surface area (Å²) < 4.78 is 1.95. The van der Waals surface area contributed by atoms with Gasteiger partial charge in [0.2, 0.25) is 5.91 Å². The number of nitrogens with one attached hydrogen (secondary N) is 2. The Bertz CT molecular complexity index is 1080. The second kappa shape index (κ2) is 8.89. The summed E-state index contributed by atoms with van der Waals surface area (Å²) in [7, 11) is 1.94. The highest BCUT2D eigenvalue weighted by Crippen LogP contribution is 2.41. The Labute approximate surface area is 183 Å². The molecule has 0 radical (unpaired) electrons. The quantitative estimate of drug-likeness (QED) is 0.637. The lowest BCUT2D eigenvalue weighted by molar-refractivity contribution is -0.117. The van der Waals surface area contributed by atoms with Gasteiger partial charge in [-0.1, -0.05) is 12.1 Å². The smallest absolute Gasteiger partial charge is 0.224 e. The van der Waals surface area contributed by atoms with Crippen LogP contribution in [-0.4, -0.2) is 40.3 Å². The second-order valence-corrected chi connectivity index (χ2v) is 8.21. The van der Waals surface area contributed by atoms with E-state index in [1.54, 1.807) is 13.1 Å². The molecule has 0 saturated carbocycles. The number of hydrogen-bond acceptors (Lipinski definition) is 5. The Kier molecular flexibility index (Phi) is 6.04. The Morgan fingerprint density at radius 2 is 2.10 bits per heavy atom. The number of nitrogens with zero attached hydrogens (tertiary/aromatic N) is 4. The van der Waals surface area contributed by atoms with Crippen LogP contribution in [0.5, 0.6) is 0 Å². The summed E-state index contributed by atoms with van der Waals surface area (Å²) in [5, 5.41) is 11.3. The highest BCUT2D eigenvalue weighted by atomic mass is 16.2. The van der Waals surface area contributed by atoms with E-state index in [1.807, 2.05) is 28.9 Å². The fraction of sp³-hybridized carbons (Fsp3) is 0.375. The SMILES string of the molecule is CNCCn1cc(-c2ccc3c(c2)[C@H](Nc2ncccc2C)C[C@H](C)N3C(C)=O)cn1. The molecule has 0 aliphatic carbocycles. The van der Waals surface area contributed by atoms with Crippen LogP contribution in [0.3, 0.4) is 0 Å². The van der Waals surface area contributed by atoms with Crippen LogP contribution in [-0.2, 0) is 11.3 Å². The molecule has 1 aromatic carbocycles. The van der Waals surface area contributed by atoms with Crippen LogP contribution in [0.25, 0.3) is 11.1 Å². The van der Waals surface area contributed by atoms with Gasteiger partial charge in [0.1, 0.15) is 5.82 Å². The first-order chi connectivity index (χ1) is 15.0. The number of carbonyl (C=O) groups is 1. The molecule has 0 unspecified atom stereocenters. The van der Waals surface area contributed by atoms with Gasteiger partial charge in [-0.05, 0) is 62.2 Å². The van der Waals surface area contributed by atoms with Gasteiger partial charge in [-0.15, -0.1) is 0 Å². The van der Waals surface area contributed by atoms with Crippen molar-refractivity contribution in [1.29, 1.82) is 0 Å². The van der Waals surface area contributed by atoms with Gasteiger partial charge in [0.15, 0.2) is 0 Å². The third-order valence-corrected chi connectivity index (χ3v) is 5.90. The van der Waals surface area contributed by atoms with E-state index in [4.69, 9.17) is 0 Å². The predicted octanol–water partition coefficient (Wildman–Crippen LogP) is 3.77. The summed E-state index contributed by atoms with van der Waals surface area (Å²) in [6.07, 6.45) is 6.59. The number of rotatable bonds is 6. The largest absolute Gasteiger partial charge is 0.363 e. The first-order valence-electron chi connectivity index (χ1n) is 10.8. The number of aryl methyl sites for hydroxylation is 1. The summed E-state index contributed by atoms with van der Waals surface area (Å²) in [5.74, 6) is 0.945. The van der Waals surface area contributed by atoms with E-state index in [-0.39, 0.29) is 18.0 Å². The summed E-state index contributed by atoms with van der Waals surface area (Å²) in [6.45, 7) is 7.48. The summed E-state index contributed by atoms with van der Waals surface area (Å²) in [5.41, 5.74) is 5.34. The molecule has 1 aliphatic rings. The lowest BCUT2D eigenvalue weighted by atomic mass is 9.89.